The van der Waals surface area contributed by atoms with Crippen LogP contribution in [0.25, 0.3) is 0 Å². The van der Waals surface area contributed by atoms with Gasteiger partial charge in [-0.25, -0.2) is 4.79 Å². The van der Waals surface area contributed by atoms with Crippen molar-refractivity contribution >= 4 is 6.03 Å². The standard InChI is InChI=1S/C19H26F2N2O2/c1-12(2)17-7-4-10-23(17)19(24)22-16-6-3-5-13-11-14(25-18(20)21)8-9-15(13)16/h8-9,11-12,16-18H,3-7,10H2,1-2H3,(H,22,24)/t16-,17-/m0/s1. The van der Waals surface area contributed by atoms with Gasteiger partial charge in [-0.15, -0.1) is 0 Å². The molecule has 0 radical (unpaired) electrons. The molecule has 3 rings (SSSR count). The van der Waals surface area contributed by atoms with Gasteiger partial charge in [0, 0.05) is 12.6 Å². The molecule has 25 heavy (non-hydrogen) atoms. The maximum atomic E-state index is 12.7. The second kappa shape index (κ2) is 7.58. The summed E-state index contributed by atoms with van der Waals surface area (Å²) in [5.74, 6) is 0.626. The number of carbonyl (C=O) groups excluding carboxylic acids is 1. The average molecular weight is 352 g/mol. The van der Waals surface area contributed by atoms with E-state index in [9.17, 15) is 13.6 Å². The first kappa shape index (κ1) is 18.0. The van der Waals surface area contributed by atoms with Crippen molar-refractivity contribution in [3.8, 4) is 5.75 Å². The van der Waals surface area contributed by atoms with Gasteiger partial charge in [0.25, 0.3) is 0 Å². The highest BCUT2D eigenvalue weighted by Crippen LogP contribution is 2.33. The van der Waals surface area contributed by atoms with E-state index >= 15 is 0 Å². The van der Waals surface area contributed by atoms with Gasteiger partial charge in [-0.3, -0.25) is 0 Å². The van der Waals surface area contributed by atoms with E-state index in [1.165, 1.54) is 0 Å². The molecule has 0 spiro atoms. The van der Waals surface area contributed by atoms with Crippen molar-refractivity contribution in [3.63, 3.8) is 0 Å². The van der Waals surface area contributed by atoms with Crippen molar-refractivity contribution in [2.45, 2.75) is 64.6 Å². The molecule has 2 amide bonds. The highest BCUT2D eigenvalue weighted by Gasteiger charge is 2.32. The number of likely N-dealkylation sites (tertiary alicyclic amines) is 1. The lowest BCUT2D eigenvalue weighted by molar-refractivity contribution is -0.0499. The molecule has 0 aromatic heterocycles. The van der Waals surface area contributed by atoms with E-state index in [0.29, 0.717) is 12.0 Å². The van der Waals surface area contributed by atoms with Crippen LogP contribution in [0, 0.1) is 5.92 Å². The third-order valence-electron chi connectivity index (χ3n) is 5.28. The van der Waals surface area contributed by atoms with Gasteiger partial charge >= 0.3 is 12.6 Å². The van der Waals surface area contributed by atoms with Crippen molar-refractivity contribution < 1.29 is 18.3 Å². The topological polar surface area (TPSA) is 41.6 Å². The molecule has 138 valence electrons. The van der Waals surface area contributed by atoms with Crippen LogP contribution < -0.4 is 10.1 Å². The number of urea groups is 1. The second-order valence-corrected chi connectivity index (χ2v) is 7.28. The minimum absolute atomic E-state index is 0.0121. The fourth-order valence-electron chi connectivity index (χ4n) is 4.09. The first-order valence-electron chi connectivity index (χ1n) is 9.10. The summed E-state index contributed by atoms with van der Waals surface area (Å²) in [6.45, 7) is 2.28. The molecule has 1 aliphatic heterocycles. The van der Waals surface area contributed by atoms with E-state index in [2.05, 4.69) is 23.9 Å². The van der Waals surface area contributed by atoms with Crippen molar-refractivity contribution in [1.82, 2.24) is 10.2 Å². The number of benzene rings is 1. The number of carbonyl (C=O) groups is 1. The van der Waals surface area contributed by atoms with Gasteiger partial charge in [0.05, 0.1) is 6.04 Å². The molecule has 4 nitrogen and oxygen atoms in total. The Morgan fingerprint density at radius 2 is 2.08 bits per heavy atom. The smallest absolute Gasteiger partial charge is 0.387 e. The van der Waals surface area contributed by atoms with Crippen molar-refractivity contribution in [2.24, 2.45) is 5.92 Å². The quantitative estimate of drug-likeness (QED) is 0.867. The van der Waals surface area contributed by atoms with E-state index < -0.39 is 6.61 Å². The average Bonchev–Trinajstić information content (AvgIpc) is 3.04. The van der Waals surface area contributed by atoms with Crippen LogP contribution in [0.3, 0.4) is 0 Å². The Morgan fingerprint density at radius 3 is 2.80 bits per heavy atom. The maximum Gasteiger partial charge on any atom is 0.387 e. The first-order chi connectivity index (χ1) is 12.0. The maximum absolute atomic E-state index is 12.7. The first-order valence-corrected chi connectivity index (χ1v) is 9.10. The lowest BCUT2D eigenvalue weighted by Crippen LogP contribution is -2.46. The zero-order valence-electron chi connectivity index (χ0n) is 14.8. The second-order valence-electron chi connectivity index (χ2n) is 7.28. The van der Waals surface area contributed by atoms with E-state index in [4.69, 9.17) is 0 Å². The highest BCUT2D eigenvalue weighted by atomic mass is 19.3. The van der Waals surface area contributed by atoms with E-state index in [1.807, 2.05) is 4.90 Å². The molecule has 0 saturated carbocycles. The summed E-state index contributed by atoms with van der Waals surface area (Å²) >= 11 is 0. The predicted octanol–water partition coefficient (Wildman–Crippen LogP) is 4.50. The van der Waals surface area contributed by atoms with E-state index in [-0.39, 0.29) is 17.8 Å². The Bertz CT molecular complexity index is 621. The lowest BCUT2D eigenvalue weighted by atomic mass is 9.87. The summed E-state index contributed by atoms with van der Waals surface area (Å²) in [5.41, 5.74) is 2.00. The molecule has 1 N–H and O–H groups in total. The molecule has 0 unspecified atom stereocenters. The number of amides is 2. The van der Waals surface area contributed by atoms with Gasteiger partial charge in [-0.1, -0.05) is 19.9 Å². The molecule has 2 atom stereocenters. The number of aryl methyl sites for hydroxylation is 1. The molecule has 1 fully saturated rings. The van der Waals surface area contributed by atoms with Crippen molar-refractivity contribution in [3.05, 3.63) is 29.3 Å². The van der Waals surface area contributed by atoms with Crippen molar-refractivity contribution in [1.29, 1.82) is 0 Å². The molecule has 2 aliphatic rings. The van der Waals surface area contributed by atoms with E-state index in [0.717, 1.165) is 49.8 Å². The van der Waals surface area contributed by atoms with Crippen LogP contribution in [0.2, 0.25) is 0 Å². The summed E-state index contributed by atoms with van der Waals surface area (Å²) < 4.78 is 29.3. The summed E-state index contributed by atoms with van der Waals surface area (Å²) in [5, 5.41) is 3.16. The largest absolute Gasteiger partial charge is 0.435 e. The number of fused-ring (bicyclic) bond motifs is 1. The Balaban J connectivity index is 1.71. The van der Waals surface area contributed by atoms with Gasteiger partial charge in [-0.2, -0.15) is 8.78 Å². The Hall–Kier alpha value is -1.85. The fourth-order valence-corrected chi connectivity index (χ4v) is 4.09. The van der Waals surface area contributed by atoms with E-state index in [1.54, 1.807) is 18.2 Å². The zero-order chi connectivity index (χ0) is 18.0. The normalized spacial score (nSPS) is 23.0. The molecule has 1 heterocycles. The Kier molecular flexibility index (Phi) is 5.45. The van der Waals surface area contributed by atoms with Crippen LogP contribution in [0.1, 0.15) is 56.7 Å². The van der Waals surface area contributed by atoms with Gasteiger partial charge in [0.2, 0.25) is 0 Å². The number of alkyl halides is 2. The van der Waals surface area contributed by atoms with Crippen LogP contribution in [-0.4, -0.2) is 30.1 Å². The Labute approximate surface area is 147 Å². The summed E-state index contributed by atoms with van der Waals surface area (Å²) in [6.07, 6.45) is 4.71. The molecule has 1 saturated heterocycles. The minimum Gasteiger partial charge on any atom is -0.435 e. The number of nitrogens with one attached hydrogen (secondary N) is 1. The van der Waals surface area contributed by atoms with Crippen LogP contribution in [0.5, 0.6) is 5.75 Å². The van der Waals surface area contributed by atoms with Crippen LogP contribution >= 0.6 is 0 Å². The molecule has 1 aliphatic carbocycles. The predicted molar refractivity (Wildman–Crippen MR) is 91.9 cm³/mol. The summed E-state index contributed by atoms with van der Waals surface area (Å²) in [4.78, 5) is 14.7. The zero-order valence-corrected chi connectivity index (χ0v) is 14.8. The summed E-state index contributed by atoms with van der Waals surface area (Å²) in [6, 6.07) is 5.26. The highest BCUT2D eigenvalue weighted by molar-refractivity contribution is 5.75. The molecule has 1 aromatic rings. The monoisotopic (exact) mass is 352 g/mol. The van der Waals surface area contributed by atoms with Gasteiger partial charge in [0.1, 0.15) is 5.75 Å². The molecule has 6 heteroatoms. The fraction of sp³-hybridized carbons (Fsp3) is 0.632. The van der Waals surface area contributed by atoms with Crippen molar-refractivity contribution in [2.75, 3.05) is 6.54 Å². The lowest BCUT2D eigenvalue weighted by Gasteiger charge is -2.32. The number of hydrogen-bond acceptors (Lipinski definition) is 2. The van der Waals surface area contributed by atoms with Crippen LogP contribution in [0.15, 0.2) is 18.2 Å². The van der Waals surface area contributed by atoms with Gasteiger partial charge in [0.15, 0.2) is 0 Å². The molecular formula is C19H26F2N2O2. The number of rotatable bonds is 4. The third-order valence-corrected chi connectivity index (χ3v) is 5.28. The minimum atomic E-state index is -2.82. The summed E-state index contributed by atoms with van der Waals surface area (Å²) in [7, 11) is 0. The van der Waals surface area contributed by atoms with Crippen LogP contribution in [-0.2, 0) is 6.42 Å². The SMILES string of the molecule is CC(C)[C@@H]1CCCN1C(=O)N[C@H]1CCCc2cc(OC(F)F)ccc21. The number of halogens is 2. The number of ether oxygens (including phenoxy) is 1. The molecule has 1 aromatic carbocycles. The van der Waals surface area contributed by atoms with Crippen LogP contribution in [0.4, 0.5) is 13.6 Å². The number of hydrogen-bond donors (Lipinski definition) is 1. The third kappa shape index (κ3) is 4.05. The molecule has 0 bridgehead atoms. The Morgan fingerprint density at radius 1 is 1.28 bits per heavy atom. The number of nitrogens with zero attached hydrogens (tertiary/aromatic N) is 1. The van der Waals surface area contributed by atoms with Gasteiger partial charge < -0.3 is 15.0 Å². The van der Waals surface area contributed by atoms with Gasteiger partial charge in [-0.05, 0) is 61.3 Å². The molecular weight excluding hydrogens is 326 g/mol.